The molecule has 0 saturated carbocycles. The standard InChI is InChI=1S/C16H16Br2N2O3/c1-22-15(21)5-2-9-6-11(17)16(12(18)7-9)23-10-3-4-13(19)14(20)8-10/h3-4,6-8H,2,5,19-20H2,1H3. The van der Waals surface area contributed by atoms with Crippen LogP contribution in [-0.4, -0.2) is 13.1 Å². The van der Waals surface area contributed by atoms with Gasteiger partial charge >= 0.3 is 5.97 Å². The second-order valence-corrected chi connectivity index (χ2v) is 6.57. The van der Waals surface area contributed by atoms with Crippen molar-refractivity contribution in [2.75, 3.05) is 18.6 Å². The molecule has 0 amide bonds. The highest BCUT2D eigenvalue weighted by molar-refractivity contribution is 9.11. The van der Waals surface area contributed by atoms with E-state index in [-0.39, 0.29) is 5.97 Å². The lowest BCUT2D eigenvalue weighted by molar-refractivity contribution is -0.140. The van der Waals surface area contributed by atoms with E-state index in [0.29, 0.717) is 35.7 Å². The molecule has 0 saturated heterocycles. The Morgan fingerprint density at radius 1 is 1.09 bits per heavy atom. The van der Waals surface area contributed by atoms with E-state index >= 15 is 0 Å². The first-order chi connectivity index (χ1) is 10.9. The maximum absolute atomic E-state index is 11.2. The van der Waals surface area contributed by atoms with Gasteiger partial charge in [0.1, 0.15) is 5.75 Å². The number of anilines is 2. The highest BCUT2D eigenvalue weighted by atomic mass is 79.9. The number of rotatable bonds is 5. The monoisotopic (exact) mass is 442 g/mol. The number of carbonyl (C=O) groups excluding carboxylic acids is 1. The van der Waals surface area contributed by atoms with Crippen LogP contribution >= 0.6 is 31.9 Å². The van der Waals surface area contributed by atoms with Gasteiger partial charge in [0.25, 0.3) is 0 Å². The van der Waals surface area contributed by atoms with Crippen LogP contribution in [0, 0.1) is 0 Å². The Kier molecular flexibility index (Phi) is 5.90. The van der Waals surface area contributed by atoms with Crippen molar-refractivity contribution in [3.63, 3.8) is 0 Å². The number of nitrogens with two attached hydrogens (primary N) is 2. The summed E-state index contributed by atoms with van der Waals surface area (Å²) in [4.78, 5) is 11.2. The molecule has 0 aromatic heterocycles. The third kappa shape index (κ3) is 4.62. The molecule has 0 radical (unpaired) electrons. The summed E-state index contributed by atoms with van der Waals surface area (Å²) in [5.41, 5.74) is 13.4. The molecule has 0 aliphatic heterocycles. The minimum atomic E-state index is -0.241. The van der Waals surface area contributed by atoms with E-state index in [9.17, 15) is 4.79 Å². The summed E-state index contributed by atoms with van der Waals surface area (Å²) in [5.74, 6) is 0.964. The average molecular weight is 444 g/mol. The van der Waals surface area contributed by atoms with Crippen molar-refractivity contribution in [2.45, 2.75) is 12.8 Å². The normalized spacial score (nSPS) is 10.4. The van der Waals surface area contributed by atoms with Crippen LogP contribution in [0.5, 0.6) is 11.5 Å². The van der Waals surface area contributed by atoms with Crippen LogP contribution in [0.25, 0.3) is 0 Å². The van der Waals surface area contributed by atoms with Crippen LogP contribution in [0.1, 0.15) is 12.0 Å². The lowest BCUT2D eigenvalue weighted by Gasteiger charge is -2.13. The van der Waals surface area contributed by atoms with E-state index in [2.05, 4.69) is 36.6 Å². The Labute approximate surface area is 151 Å². The molecule has 0 bridgehead atoms. The number of methoxy groups -OCH3 is 1. The minimum absolute atomic E-state index is 0.241. The van der Waals surface area contributed by atoms with Gasteiger partial charge in [-0.15, -0.1) is 0 Å². The number of halogens is 2. The number of carbonyl (C=O) groups is 1. The molecule has 0 atom stereocenters. The zero-order valence-corrected chi connectivity index (χ0v) is 15.6. The predicted octanol–water partition coefficient (Wildman–Crippen LogP) is 4.27. The third-order valence-corrected chi connectivity index (χ3v) is 4.36. The predicted molar refractivity (Wildman–Crippen MR) is 97.5 cm³/mol. The van der Waals surface area contributed by atoms with Gasteiger partial charge in [0.05, 0.1) is 27.4 Å². The van der Waals surface area contributed by atoms with Gasteiger partial charge in [-0.05, 0) is 68.1 Å². The summed E-state index contributed by atoms with van der Waals surface area (Å²) < 4.78 is 12.0. The first-order valence-corrected chi connectivity index (χ1v) is 8.37. The number of aryl methyl sites for hydroxylation is 1. The maximum Gasteiger partial charge on any atom is 0.305 e. The molecule has 0 fully saturated rings. The molecule has 4 N–H and O–H groups in total. The fourth-order valence-electron chi connectivity index (χ4n) is 1.94. The molecule has 0 spiro atoms. The Hall–Kier alpha value is -1.73. The summed E-state index contributed by atoms with van der Waals surface area (Å²) in [5, 5.41) is 0. The minimum Gasteiger partial charge on any atom is -0.469 e. The number of hydrogen-bond donors (Lipinski definition) is 2. The molecular weight excluding hydrogens is 428 g/mol. The smallest absolute Gasteiger partial charge is 0.305 e. The van der Waals surface area contributed by atoms with E-state index in [1.54, 1.807) is 18.2 Å². The molecule has 0 unspecified atom stereocenters. The molecule has 7 heteroatoms. The van der Waals surface area contributed by atoms with E-state index in [1.165, 1.54) is 7.11 Å². The summed E-state index contributed by atoms with van der Waals surface area (Å²) in [6, 6.07) is 8.92. The van der Waals surface area contributed by atoms with E-state index < -0.39 is 0 Å². The largest absolute Gasteiger partial charge is 0.469 e. The van der Waals surface area contributed by atoms with Gasteiger partial charge in [-0.3, -0.25) is 4.79 Å². The number of benzene rings is 2. The first kappa shape index (κ1) is 17.6. The second-order valence-electron chi connectivity index (χ2n) is 4.86. The Balaban J connectivity index is 2.19. The Morgan fingerprint density at radius 2 is 1.74 bits per heavy atom. The lowest BCUT2D eigenvalue weighted by atomic mass is 10.1. The molecule has 2 aromatic carbocycles. The SMILES string of the molecule is COC(=O)CCc1cc(Br)c(Oc2ccc(N)c(N)c2)c(Br)c1. The van der Waals surface area contributed by atoms with Gasteiger partial charge in [-0.2, -0.15) is 0 Å². The zero-order chi connectivity index (χ0) is 17.0. The first-order valence-electron chi connectivity index (χ1n) is 6.78. The van der Waals surface area contributed by atoms with Gasteiger partial charge in [0.15, 0.2) is 5.75 Å². The number of nitrogen functional groups attached to an aromatic ring is 2. The number of ether oxygens (including phenoxy) is 2. The quantitative estimate of drug-likeness (QED) is 0.532. The maximum atomic E-state index is 11.2. The van der Waals surface area contributed by atoms with Crippen LogP contribution in [-0.2, 0) is 16.0 Å². The van der Waals surface area contributed by atoms with Gasteiger partial charge in [0, 0.05) is 12.5 Å². The number of hydrogen-bond acceptors (Lipinski definition) is 5. The highest BCUT2D eigenvalue weighted by Crippen LogP contribution is 2.38. The molecule has 0 heterocycles. The lowest BCUT2D eigenvalue weighted by Crippen LogP contribution is -2.02. The summed E-state index contributed by atoms with van der Waals surface area (Å²) >= 11 is 6.97. The van der Waals surface area contributed by atoms with Crippen molar-refractivity contribution in [3.05, 3.63) is 44.8 Å². The highest BCUT2D eigenvalue weighted by Gasteiger charge is 2.12. The molecule has 2 rings (SSSR count). The van der Waals surface area contributed by atoms with E-state index in [0.717, 1.165) is 14.5 Å². The third-order valence-electron chi connectivity index (χ3n) is 3.18. The molecule has 5 nitrogen and oxygen atoms in total. The van der Waals surface area contributed by atoms with Crippen LogP contribution in [0.4, 0.5) is 11.4 Å². The molecule has 0 aliphatic carbocycles. The fraction of sp³-hybridized carbons (Fsp3) is 0.188. The van der Waals surface area contributed by atoms with E-state index in [4.69, 9.17) is 16.2 Å². The topological polar surface area (TPSA) is 87.6 Å². The second kappa shape index (κ2) is 7.70. The van der Waals surface area contributed by atoms with Crippen molar-refractivity contribution in [3.8, 4) is 11.5 Å². The van der Waals surface area contributed by atoms with Crippen molar-refractivity contribution < 1.29 is 14.3 Å². The van der Waals surface area contributed by atoms with Crippen molar-refractivity contribution >= 4 is 49.2 Å². The molecule has 0 aliphatic rings. The zero-order valence-electron chi connectivity index (χ0n) is 12.4. The Bertz CT molecular complexity index is 712. The van der Waals surface area contributed by atoms with Gasteiger partial charge < -0.3 is 20.9 Å². The summed E-state index contributed by atoms with van der Waals surface area (Å²) in [6.45, 7) is 0. The van der Waals surface area contributed by atoms with Gasteiger partial charge in [-0.1, -0.05) is 0 Å². The fourth-order valence-corrected chi connectivity index (χ4v) is 3.38. The molecule has 23 heavy (non-hydrogen) atoms. The van der Waals surface area contributed by atoms with Crippen molar-refractivity contribution in [1.82, 2.24) is 0 Å². The van der Waals surface area contributed by atoms with Crippen LogP contribution in [0.3, 0.4) is 0 Å². The van der Waals surface area contributed by atoms with E-state index in [1.807, 2.05) is 12.1 Å². The van der Waals surface area contributed by atoms with Crippen molar-refractivity contribution in [1.29, 1.82) is 0 Å². The molecule has 122 valence electrons. The van der Waals surface area contributed by atoms with Gasteiger partial charge in [0.2, 0.25) is 0 Å². The summed E-state index contributed by atoms with van der Waals surface area (Å²) in [7, 11) is 1.38. The number of esters is 1. The van der Waals surface area contributed by atoms with Crippen LogP contribution < -0.4 is 16.2 Å². The Morgan fingerprint density at radius 3 is 2.30 bits per heavy atom. The van der Waals surface area contributed by atoms with Crippen molar-refractivity contribution in [2.24, 2.45) is 0 Å². The summed E-state index contributed by atoms with van der Waals surface area (Å²) in [6.07, 6.45) is 0.906. The molecular formula is C16H16Br2N2O3. The average Bonchev–Trinajstić information content (AvgIpc) is 2.51. The van der Waals surface area contributed by atoms with Gasteiger partial charge in [-0.25, -0.2) is 0 Å². The molecule has 2 aromatic rings. The van der Waals surface area contributed by atoms with Crippen LogP contribution in [0.2, 0.25) is 0 Å². The van der Waals surface area contributed by atoms with Crippen LogP contribution in [0.15, 0.2) is 39.3 Å².